The van der Waals surface area contributed by atoms with Crippen LogP contribution in [0.4, 0.5) is 0 Å². The van der Waals surface area contributed by atoms with Crippen molar-refractivity contribution in [1.82, 2.24) is 10.2 Å². The third-order valence-corrected chi connectivity index (χ3v) is 5.25. The minimum absolute atomic E-state index is 0.139. The number of nitrogens with zero attached hydrogens (tertiary/aromatic N) is 1. The van der Waals surface area contributed by atoms with Crippen molar-refractivity contribution < 1.29 is 14.7 Å². The maximum Gasteiger partial charge on any atom is 0.317 e. The van der Waals surface area contributed by atoms with E-state index in [-0.39, 0.29) is 24.4 Å². The summed E-state index contributed by atoms with van der Waals surface area (Å²) < 4.78 is 0. The highest BCUT2D eigenvalue weighted by Crippen LogP contribution is 2.37. The molecule has 5 nitrogen and oxygen atoms in total. The fourth-order valence-corrected chi connectivity index (χ4v) is 3.30. The Kier molecular flexibility index (Phi) is 4.20. The number of aliphatic carboxylic acids is 1. The van der Waals surface area contributed by atoms with Crippen LogP contribution in [0.1, 0.15) is 45.4 Å². The SMILES string of the molecule is C[C@@H](C(=O)NC1CC(N(CC(=O)O)CC2CC2)C1)C1CC1. The van der Waals surface area contributed by atoms with Gasteiger partial charge in [0.25, 0.3) is 0 Å². The first-order valence-electron chi connectivity index (χ1n) is 8.29. The Balaban J connectivity index is 1.42. The lowest BCUT2D eigenvalue weighted by molar-refractivity contribution is -0.140. The van der Waals surface area contributed by atoms with Crippen molar-refractivity contribution >= 4 is 11.9 Å². The molecule has 0 aromatic carbocycles. The minimum atomic E-state index is -0.745. The molecule has 2 N–H and O–H groups in total. The number of amides is 1. The first-order valence-corrected chi connectivity index (χ1v) is 8.29. The summed E-state index contributed by atoms with van der Waals surface area (Å²) in [7, 11) is 0. The Bertz CT molecular complexity index is 412. The number of rotatable bonds is 8. The Morgan fingerprint density at radius 1 is 1.24 bits per heavy atom. The molecule has 0 unspecified atom stereocenters. The third-order valence-electron chi connectivity index (χ3n) is 5.25. The average molecular weight is 294 g/mol. The minimum Gasteiger partial charge on any atom is -0.480 e. The van der Waals surface area contributed by atoms with Crippen LogP contribution in [-0.2, 0) is 9.59 Å². The summed E-state index contributed by atoms with van der Waals surface area (Å²) in [5.41, 5.74) is 0. The number of hydrogen-bond acceptors (Lipinski definition) is 3. The molecule has 3 rings (SSSR count). The van der Waals surface area contributed by atoms with Gasteiger partial charge >= 0.3 is 5.97 Å². The lowest BCUT2D eigenvalue weighted by Crippen LogP contribution is -2.56. The maximum absolute atomic E-state index is 12.1. The van der Waals surface area contributed by atoms with Crippen LogP contribution >= 0.6 is 0 Å². The number of carbonyl (C=O) groups is 2. The highest BCUT2D eigenvalue weighted by atomic mass is 16.4. The molecule has 3 aliphatic rings. The molecule has 3 fully saturated rings. The zero-order valence-electron chi connectivity index (χ0n) is 12.8. The summed E-state index contributed by atoms with van der Waals surface area (Å²) in [6.07, 6.45) is 6.67. The van der Waals surface area contributed by atoms with Crippen molar-refractivity contribution in [3.63, 3.8) is 0 Å². The first-order chi connectivity index (χ1) is 10.0. The molecule has 1 atom stereocenters. The second kappa shape index (κ2) is 5.95. The smallest absolute Gasteiger partial charge is 0.317 e. The van der Waals surface area contributed by atoms with Gasteiger partial charge in [-0.15, -0.1) is 0 Å². The maximum atomic E-state index is 12.1. The summed E-state index contributed by atoms with van der Waals surface area (Å²) in [6, 6.07) is 0.586. The molecule has 1 amide bonds. The van der Waals surface area contributed by atoms with Crippen LogP contribution in [0, 0.1) is 17.8 Å². The van der Waals surface area contributed by atoms with Crippen molar-refractivity contribution in [2.24, 2.45) is 17.8 Å². The van der Waals surface area contributed by atoms with Gasteiger partial charge in [0.1, 0.15) is 0 Å². The predicted octanol–water partition coefficient (Wildman–Crippen LogP) is 1.48. The first kappa shape index (κ1) is 14.8. The molecule has 0 aliphatic heterocycles. The van der Waals surface area contributed by atoms with E-state index in [0.717, 1.165) is 19.4 Å². The van der Waals surface area contributed by atoms with Crippen molar-refractivity contribution in [1.29, 1.82) is 0 Å². The van der Waals surface area contributed by atoms with E-state index in [1.54, 1.807) is 0 Å². The molecule has 0 saturated heterocycles. The van der Waals surface area contributed by atoms with Gasteiger partial charge in [0.05, 0.1) is 6.54 Å². The highest BCUT2D eigenvalue weighted by Gasteiger charge is 2.39. The molecule has 118 valence electrons. The van der Waals surface area contributed by atoms with E-state index in [1.165, 1.54) is 25.7 Å². The topological polar surface area (TPSA) is 69.6 Å². The lowest BCUT2D eigenvalue weighted by atomic mass is 9.84. The van der Waals surface area contributed by atoms with Gasteiger partial charge in [0.2, 0.25) is 5.91 Å². The normalized spacial score (nSPS) is 29.8. The van der Waals surface area contributed by atoms with Crippen LogP contribution in [-0.4, -0.2) is 47.1 Å². The number of hydrogen-bond donors (Lipinski definition) is 2. The standard InChI is InChI=1S/C16H26N2O3/c1-10(12-4-5-12)16(21)17-13-6-14(7-13)18(9-15(19)20)8-11-2-3-11/h10-14H,2-9H2,1H3,(H,17,21)(H,19,20)/t10-,13?,14?/m1/s1. The van der Waals surface area contributed by atoms with Crippen molar-refractivity contribution in [2.75, 3.05) is 13.1 Å². The molecular weight excluding hydrogens is 268 g/mol. The Labute approximate surface area is 126 Å². The Morgan fingerprint density at radius 2 is 1.90 bits per heavy atom. The molecule has 3 saturated carbocycles. The summed E-state index contributed by atoms with van der Waals surface area (Å²) in [5.74, 6) is 0.885. The van der Waals surface area contributed by atoms with Crippen LogP contribution in [0.25, 0.3) is 0 Å². The fraction of sp³-hybridized carbons (Fsp3) is 0.875. The molecule has 21 heavy (non-hydrogen) atoms. The third kappa shape index (κ3) is 3.96. The fourth-order valence-electron chi connectivity index (χ4n) is 3.30. The van der Waals surface area contributed by atoms with Crippen LogP contribution in [0.15, 0.2) is 0 Å². The zero-order valence-corrected chi connectivity index (χ0v) is 12.8. The van der Waals surface area contributed by atoms with Crippen LogP contribution in [0.5, 0.6) is 0 Å². The molecule has 0 heterocycles. The van der Waals surface area contributed by atoms with Crippen LogP contribution < -0.4 is 5.32 Å². The van der Waals surface area contributed by atoms with Gasteiger partial charge in [-0.05, 0) is 50.4 Å². The Morgan fingerprint density at radius 3 is 2.43 bits per heavy atom. The summed E-state index contributed by atoms with van der Waals surface area (Å²) in [6.45, 7) is 3.07. The molecule has 0 aromatic rings. The molecule has 3 aliphatic carbocycles. The van der Waals surface area contributed by atoms with Crippen LogP contribution in [0.3, 0.4) is 0 Å². The quantitative estimate of drug-likeness (QED) is 0.711. The summed E-state index contributed by atoms with van der Waals surface area (Å²) in [4.78, 5) is 25.1. The van der Waals surface area contributed by atoms with Crippen molar-refractivity contribution in [3.8, 4) is 0 Å². The summed E-state index contributed by atoms with van der Waals surface area (Å²) >= 11 is 0. The molecule has 0 aromatic heterocycles. The highest BCUT2D eigenvalue weighted by molar-refractivity contribution is 5.79. The van der Waals surface area contributed by atoms with E-state index in [0.29, 0.717) is 17.9 Å². The van der Waals surface area contributed by atoms with Crippen molar-refractivity contribution in [2.45, 2.75) is 57.5 Å². The second-order valence-corrected chi connectivity index (χ2v) is 7.22. The van der Waals surface area contributed by atoms with Gasteiger partial charge in [-0.2, -0.15) is 0 Å². The van der Waals surface area contributed by atoms with Gasteiger partial charge in [0, 0.05) is 24.5 Å². The monoisotopic (exact) mass is 294 g/mol. The van der Waals surface area contributed by atoms with E-state index in [1.807, 2.05) is 6.92 Å². The molecule has 0 bridgehead atoms. The number of carboxylic acids is 1. The lowest BCUT2D eigenvalue weighted by Gasteiger charge is -2.43. The van der Waals surface area contributed by atoms with E-state index in [4.69, 9.17) is 5.11 Å². The van der Waals surface area contributed by atoms with E-state index >= 15 is 0 Å². The largest absolute Gasteiger partial charge is 0.480 e. The van der Waals surface area contributed by atoms with Gasteiger partial charge in [-0.3, -0.25) is 14.5 Å². The summed E-state index contributed by atoms with van der Waals surface area (Å²) in [5, 5.41) is 12.2. The van der Waals surface area contributed by atoms with Crippen LogP contribution in [0.2, 0.25) is 0 Å². The van der Waals surface area contributed by atoms with Gasteiger partial charge in [-0.25, -0.2) is 0 Å². The number of carbonyl (C=O) groups excluding carboxylic acids is 1. The molecule has 0 spiro atoms. The van der Waals surface area contributed by atoms with E-state index in [9.17, 15) is 9.59 Å². The predicted molar refractivity (Wildman–Crippen MR) is 78.8 cm³/mol. The molecule has 5 heteroatoms. The van der Waals surface area contributed by atoms with Gasteiger partial charge in [0.15, 0.2) is 0 Å². The zero-order chi connectivity index (χ0) is 15.0. The second-order valence-electron chi connectivity index (χ2n) is 7.22. The molecular formula is C16H26N2O3. The Hall–Kier alpha value is -1.10. The van der Waals surface area contributed by atoms with Gasteiger partial charge < -0.3 is 10.4 Å². The average Bonchev–Trinajstić information content (AvgIpc) is 3.23. The number of nitrogens with one attached hydrogen (secondary N) is 1. The van der Waals surface area contributed by atoms with E-state index < -0.39 is 5.97 Å². The van der Waals surface area contributed by atoms with Crippen molar-refractivity contribution in [3.05, 3.63) is 0 Å². The van der Waals surface area contributed by atoms with E-state index in [2.05, 4.69) is 10.2 Å². The van der Waals surface area contributed by atoms with Gasteiger partial charge in [-0.1, -0.05) is 6.92 Å². The number of carboxylic acid groups (broad SMARTS) is 1. The molecule has 0 radical (unpaired) electrons.